The summed E-state index contributed by atoms with van der Waals surface area (Å²) in [6.45, 7) is 1.83. The summed E-state index contributed by atoms with van der Waals surface area (Å²) in [6.07, 6.45) is 1.69. The van der Waals surface area contributed by atoms with Crippen molar-refractivity contribution in [2.24, 2.45) is 0 Å². The van der Waals surface area contributed by atoms with E-state index >= 15 is 0 Å². The lowest BCUT2D eigenvalue weighted by Gasteiger charge is -2.27. The molecule has 0 fully saturated rings. The molecule has 0 aliphatic carbocycles. The van der Waals surface area contributed by atoms with Crippen LogP contribution in [0.3, 0.4) is 0 Å². The maximum absolute atomic E-state index is 12.5. The third kappa shape index (κ3) is 2.10. The molecule has 6 nitrogen and oxygen atoms in total. The van der Waals surface area contributed by atoms with E-state index in [1.165, 1.54) is 0 Å². The van der Waals surface area contributed by atoms with E-state index in [1.807, 2.05) is 4.57 Å². The molecule has 0 spiro atoms. The number of fused-ring (bicyclic) bond motifs is 1. The molecule has 0 saturated carbocycles. The van der Waals surface area contributed by atoms with Crippen molar-refractivity contribution >= 4 is 27.5 Å². The molecule has 1 aromatic carbocycles. The summed E-state index contributed by atoms with van der Waals surface area (Å²) in [5.41, 5.74) is 6.94. The molecule has 1 aliphatic rings. The Hall–Kier alpha value is -1.89. The van der Waals surface area contributed by atoms with Crippen molar-refractivity contribution in [3.05, 3.63) is 40.4 Å². The highest BCUT2D eigenvalue weighted by molar-refractivity contribution is 9.10. The van der Waals surface area contributed by atoms with Gasteiger partial charge in [0.1, 0.15) is 6.33 Å². The van der Waals surface area contributed by atoms with Gasteiger partial charge in [-0.05, 0) is 28.1 Å². The molecule has 0 radical (unpaired) electrons. The lowest BCUT2D eigenvalue weighted by Crippen LogP contribution is -2.38. The molecular weight excluding hydrogens is 310 g/mol. The van der Waals surface area contributed by atoms with E-state index in [-0.39, 0.29) is 5.91 Å². The van der Waals surface area contributed by atoms with Gasteiger partial charge in [0.25, 0.3) is 5.91 Å². The van der Waals surface area contributed by atoms with Gasteiger partial charge in [0.15, 0.2) is 5.82 Å². The second kappa shape index (κ2) is 4.65. The minimum absolute atomic E-state index is 0.0478. The average Bonchev–Trinajstić information content (AvgIpc) is 2.88. The third-order valence-electron chi connectivity index (χ3n) is 3.19. The van der Waals surface area contributed by atoms with Gasteiger partial charge < -0.3 is 15.2 Å². The summed E-state index contributed by atoms with van der Waals surface area (Å²) in [6, 6.07) is 5.30. The van der Waals surface area contributed by atoms with Gasteiger partial charge in [-0.25, -0.2) is 0 Å². The number of rotatable bonds is 1. The number of carbonyl (C=O) groups excluding carboxylic acids is 1. The van der Waals surface area contributed by atoms with Crippen LogP contribution in [0.15, 0.2) is 29.0 Å². The zero-order valence-electron chi connectivity index (χ0n) is 10.1. The predicted octanol–water partition coefficient (Wildman–Crippen LogP) is 1.28. The van der Waals surface area contributed by atoms with Gasteiger partial charge in [-0.1, -0.05) is 6.07 Å². The largest absolute Gasteiger partial charge is 0.398 e. The van der Waals surface area contributed by atoms with Crippen molar-refractivity contribution < 1.29 is 4.79 Å². The lowest BCUT2D eigenvalue weighted by atomic mass is 10.1. The first-order valence-corrected chi connectivity index (χ1v) is 6.66. The Kier molecular flexibility index (Phi) is 2.98. The molecule has 1 aromatic heterocycles. The summed E-state index contributed by atoms with van der Waals surface area (Å²) in [4.78, 5) is 14.2. The molecular formula is C12H12BrN5O. The van der Waals surface area contributed by atoms with Crippen LogP contribution in [-0.4, -0.2) is 32.1 Å². The first kappa shape index (κ1) is 12.2. The number of anilines is 1. The highest BCUT2D eigenvalue weighted by atomic mass is 79.9. The fourth-order valence-corrected chi connectivity index (χ4v) is 2.56. The molecule has 98 valence electrons. The Balaban J connectivity index is 1.88. The highest BCUT2D eigenvalue weighted by Crippen LogP contribution is 2.25. The van der Waals surface area contributed by atoms with Crippen molar-refractivity contribution in [1.29, 1.82) is 0 Å². The number of carbonyl (C=O) groups is 1. The molecule has 2 heterocycles. The number of hydrogen-bond donors (Lipinski definition) is 1. The van der Waals surface area contributed by atoms with Gasteiger partial charge in [-0.2, -0.15) is 0 Å². The van der Waals surface area contributed by atoms with Crippen LogP contribution in [0.5, 0.6) is 0 Å². The fraction of sp³-hybridized carbons (Fsp3) is 0.250. The second-order valence-corrected chi connectivity index (χ2v) is 5.17. The van der Waals surface area contributed by atoms with E-state index < -0.39 is 0 Å². The summed E-state index contributed by atoms with van der Waals surface area (Å²) in [7, 11) is 0. The van der Waals surface area contributed by atoms with Crippen LogP contribution in [0.25, 0.3) is 0 Å². The summed E-state index contributed by atoms with van der Waals surface area (Å²) in [5, 5.41) is 7.85. The zero-order valence-corrected chi connectivity index (χ0v) is 11.7. The molecule has 2 N–H and O–H groups in total. The van der Waals surface area contributed by atoms with Crippen molar-refractivity contribution in [3.8, 4) is 0 Å². The molecule has 7 heteroatoms. The fourth-order valence-electron chi connectivity index (χ4n) is 2.13. The van der Waals surface area contributed by atoms with Crippen LogP contribution in [0.4, 0.5) is 5.69 Å². The molecule has 1 amide bonds. The topological polar surface area (TPSA) is 77.0 Å². The number of benzene rings is 1. The molecule has 2 aromatic rings. The van der Waals surface area contributed by atoms with Crippen LogP contribution in [0.2, 0.25) is 0 Å². The first-order chi connectivity index (χ1) is 9.16. The van der Waals surface area contributed by atoms with Gasteiger partial charge in [0.05, 0.1) is 16.6 Å². The number of halogens is 1. The smallest absolute Gasteiger partial charge is 0.255 e. The standard InChI is InChI=1S/C12H12BrN5O/c13-11-8(2-1-3-9(11)14)12(19)17-4-5-18-7-15-16-10(18)6-17/h1-3,7H,4-6,14H2. The van der Waals surface area contributed by atoms with E-state index in [0.717, 1.165) is 5.82 Å². The Morgan fingerprint density at radius 3 is 3.05 bits per heavy atom. The summed E-state index contributed by atoms with van der Waals surface area (Å²) >= 11 is 3.37. The van der Waals surface area contributed by atoms with Crippen LogP contribution in [-0.2, 0) is 13.1 Å². The number of hydrogen-bond acceptors (Lipinski definition) is 4. The molecule has 1 aliphatic heterocycles. The molecule has 0 bridgehead atoms. The van der Waals surface area contributed by atoms with Crippen molar-refractivity contribution in [3.63, 3.8) is 0 Å². The Morgan fingerprint density at radius 2 is 2.21 bits per heavy atom. The minimum Gasteiger partial charge on any atom is -0.398 e. The monoisotopic (exact) mass is 321 g/mol. The van der Waals surface area contributed by atoms with E-state index in [9.17, 15) is 4.79 Å². The number of nitrogens with zero attached hydrogens (tertiary/aromatic N) is 4. The van der Waals surface area contributed by atoms with Crippen molar-refractivity contribution in [2.75, 3.05) is 12.3 Å². The first-order valence-electron chi connectivity index (χ1n) is 5.87. The number of nitrogens with two attached hydrogens (primary N) is 1. The summed E-state index contributed by atoms with van der Waals surface area (Å²) in [5.74, 6) is 0.757. The molecule has 0 atom stereocenters. The van der Waals surface area contributed by atoms with Gasteiger partial charge in [-0.15, -0.1) is 10.2 Å². The number of aromatic nitrogens is 3. The number of nitrogen functional groups attached to an aromatic ring is 1. The SMILES string of the molecule is Nc1cccc(C(=O)N2CCn3cnnc3C2)c1Br. The lowest BCUT2D eigenvalue weighted by molar-refractivity contribution is 0.0706. The Morgan fingerprint density at radius 1 is 1.37 bits per heavy atom. The second-order valence-electron chi connectivity index (χ2n) is 4.38. The van der Waals surface area contributed by atoms with Gasteiger partial charge >= 0.3 is 0 Å². The maximum Gasteiger partial charge on any atom is 0.255 e. The van der Waals surface area contributed by atoms with Crippen molar-refractivity contribution in [2.45, 2.75) is 13.1 Å². The van der Waals surface area contributed by atoms with Crippen LogP contribution < -0.4 is 5.73 Å². The molecule has 3 rings (SSSR count). The molecule has 0 saturated heterocycles. The number of amides is 1. The molecule has 0 unspecified atom stereocenters. The van der Waals surface area contributed by atoms with E-state index in [4.69, 9.17) is 5.73 Å². The highest BCUT2D eigenvalue weighted by Gasteiger charge is 2.24. The zero-order chi connectivity index (χ0) is 13.4. The van der Waals surface area contributed by atoms with E-state index in [2.05, 4.69) is 26.1 Å². The van der Waals surface area contributed by atoms with Crippen LogP contribution >= 0.6 is 15.9 Å². The van der Waals surface area contributed by atoms with Crippen LogP contribution in [0, 0.1) is 0 Å². The van der Waals surface area contributed by atoms with Gasteiger partial charge in [0, 0.05) is 18.8 Å². The summed E-state index contributed by atoms with van der Waals surface area (Å²) < 4.78 is 2.60. The Bertz CT molecular complexity index is 639. The quantitative estimate of drug-likeness (QED) is 0.803. The van der Waals surface area contributed by atoms with Gasteiger partial charge in [-0.3, -0.25) is 4.79 Å². The van der Waals surface area contributed by atoms with Crippen molar-refractivity contribution in [1.82, 2.24) is 19.7 Å². The third-order valence-corrected chi connectivity index (χ3v) is 4.07. The van der Waals surface area contributed by atoms with Crippen LogP contribution in [0.1, 0.15) is 16.2 Å². The Labute approximate surface area is 118 Å². The van der Waals surface area contributed by atoms with E-state index in [0.29, 0.717) is 35.4 Å². The minimum atomic E-state index is -0.0478. The average molecular weight is 322 g/mol. The predicted molar refractivity (Wildman–Crippen MR) is 73.3 cm³/mol. The van der Waals surface area contributed by atoms with Gasteiger partial charge in [0.2, 0.25) is 0 Å². The van der Waals surface area contributed by atoms with E-state index in [1.54, 1.807) is 29.4 Å². The molecule has 19 heavy (non-hydrogen) atoms. The maximum atomic E-state index is 12.5. The normalized spacial score (nSPS) is 14.3.